The summed E-state index contributed by atoms with van der Waals surface area (Å²) in [7, 11) is 0. The van der Waals surface area contributed by atoms with Gasteiger partial charge in [-0.1, -0.05) is 33.2 Å². The molecule has 17 heavy (non-hydrogen) atoms. The Morgan fingerprint density at radius 1 is 1.35 bits per heavy atom. The summed E-state index contributed by atoms with van der Waals surface area (Å²) in [5.41, 5.74) is 6.82. The van der Waals surface area contributed by atoms with Crippen molar-refractivity contribution in [2.45, 2.75) is 25.8 Å². The van der Waals surface area contributed by atoms with Crippen molar-refractivity contribution in [2.24, 2.45) is 5.73 Å². The van der Waals surface area contributed by atoms with Crippen molar-refractivity contribution in [1.82, 2.24) is 10.1 Å². The molecule has 0 aliphatic carbocycles. The Bertz CT molecular complexity index is 479. The molecule has 0 amide bonds. The standard InChI is InChI=1S/C12H14BrN3O/c1-8(14)6-11-15-12(17-16-11)7-9-2-4-10(13)5-3-9/h2-5,8H,6-7,14H2,1H3. The highest BCUT2D eigenvalue weighted by molar-refractivity contribution is 9.10. The molecular formula is C12H14BrN3O. The molecule has 0 spiro atoms. The molecule has 0 aliphatic heterocycles. The van der Waals surface area contributed by atoms with Crippen LogP contribution in [-0.4, -0.2) is 16.2 Å². The van der Waals surface area contributed by atoms with E-state index in [1.54, 1.807) is 0 Å². The first-order valence-electron chi connectivity index (χ1n) is 5.45. The van der Waals surface area contributed by atoms with Gasteiger partial charge in [0.25, 0.3) is 0 Å². The summed E-state index contributed by atoms with van der Waals surface area (Å²) in [6.45, 7) is 1.92. The number of aromatic nitrogens is 2. The lowest BCUT2D eigenvalue weighted by Crippen LogP contribution is -2.18. The van der Waals surface area contributed by atoms with Gasteiger partial charge < -0.3 is 10.3 Å². The predicted molar refractivity (Wildman–Crippen MR) is 68.6 cm³/mol. The summed E-state index contributed by atoms with van der Waals surface area (Å²) < 4.78 is 6.23. The van der Waals surface area contributed by atoms with Crippen molar-refractivity contribution in [2.75, 3.05) is 0 Å². The largest absolute Gasteiger partial charge is 0.339 e. The monoisotopic (exact) mass is 295 g/mol. The average molecular weight is 296 g/mol. The number of hydrogen-bond acceptors (Lipinski definition) is 4. The van der Waals surface area contributed by atoms with E-state index in [4.69, 9.17) is 10.3 Å². The Morgan fingerprint density at radius 3 is 2.71 bits per heavy atom. The Kier molecular flexibility index (Phi) is 3.91. The topological polar surface area (TPSA) is 64.9 Å². The van der Waals surface area contributed by atoms with Gasteiger partial charge in [0, 0.05) is 16.9 Å². The second kappa shape index (κ2) is 5.42. The zero-order valence-corrected chi connectivity index (χ0v) is 11.1. The zero-order chi connectivity index (χ0) is 12.3. The average Bonchev–Trinajstić information content (AvgIpc) is 2.68. The number of benzene rings is 1. The van der Waals surface area contributed by atoms with Crippen LogP contribution in [-0.2, 0) is 12.8 Å². The third-order valence-electron chi connectivity index (χ3n) is 2.28. The Morgan fingerprint density at radius 2 is 2.06 bits per heavy atom. The van der Waals surface area contributed by atoms with Crippen molar-refractivity contribution in [1.29, 1.82) is 0 Å². The molecule has 2 N–H and O–H groups in total. The fourth-order valence-corrected chi connectivity index (χ4v) is 1.77. The van der Waals surface area contributed by atoms with E-state index in [1.807, 2.05) is 31.2 Å². The van der Waals surface area contributed by atoms with Crippen molar-refractivity contribution in [3.63, 3.8) is 0 Å². The van der Waals surface area contributed by atoms with Crippen LogP contribution in [0.3, 0.4) is 0 Å². The van der Waals surface area contributed by atoms with E-state index >= 15 is 0 Å². The van der Waals surface area contributed by atoms with Crippen LogP contribution in [0.4, 0.5) is 0 Å². The van der Waals surface area contributed by atoms with Crippen LogP contribution in [0.15, 0.2) is 33.3 Å². The Balaban J connectivity index is 2.03. The van der Waals surface area contributed by atoms with Gasteiger partial charge in [0.2, 0.25) is 5.89 Å². The summed E-state index contributed by atoms with van der Waals surface area (Å²) in [6.07, 6.45) is 1.29. The van der Waals surface area contributed by atoms with Gasteiger partial charge in [0.15, 0.2) is 5.82 Å². The lowest BCUT2D eigenvalue weighted by Gasteiger charge is -1.97. The minimum Gasteiger partial charge on any atom is -0.339 e. The van der Waals surface area contributed by atoms with Crippen molar-refractivity contribution < 1.29 is 4.52 Å². The molecule has 1 heterocycles. The van der Waals surface area contributed by atoms with Gasteiger partial charge >= 0.3 is 0 Å². The van der Waals surface area contributed by atoms with Gasteiger partial charge in [-0.15, -0.1) is 0 Å². The summed E-state index contributed by atoms with van der Waals surface area (Å²) in [5.74, 6) is 1.30. The van der Waals surface area contributed by atoms with E-state index in [1.165, 1.54) is 0 Å². The van der Waals surface area contributed by atoms with Crippen LogP contribution in [0, 0.1) is 0 Å². The van der Waals surface area contributed by atoms with Gasteiger partial charge in [0.1, 0.15) is 0 Å². The first-order chi connectivity index (χ1) is 8.13. The van der Waals surface area contributed by atoms with Crippen LogP contribution >= 0.6 is 15.9 Å². The van der Waals surface area contributed by atoms with E-state index in [0.717, 1.165) is 10.0 Å². The minimum absolute atomic E-state index is 0.0492. The van der Waals surface area contributed by atoms with Crippen LogP contribution in [0.2, 0.25) is 0 Å². The molecule has 0 aliphatic rings. The highest BCUT2D eigenvalue weighted by Crippen LogP contribution is 2.13. The maximum atomic E-state index is 5.68. The maximum absolute atomic E-state index is 5.68. The van der Waals surface area contributed by atoms with Crippen molar-refractivity contribution >= 4 is 15.9 Å². The zero-order valence-electron chi connectivity index (χ0n) is 9.56. The summed E-state index contributed by atoms with van der Waals surface area (Å²) >= 11 is 3.40. The molecule has 0 fully saturated rings. The van der Waals surface area contributed by atoms with Gasteiger partial charge in [-0.25, -0.2) is 0 Å². The van der Waals surface area contributed by atoms with Gasteiger partial charge in [-0.3, -0.25) is 0 Å². The second-order valence-electron chi connectivity index (χ2n) is 4.09. The highest BCUT2D eigenvalue weighted by atomic mass is 79.9. The lowest BCUT2D eigenvalue weighted by molar-refractivity contribution is 0.378. The molecule has 1 aromatic carbocycles. The minimum atomic E-state index is 0.0492. The number of hydrogen-bond donors (Lipinski definition) is 1. The maximum Gasteiger partial charge on any atom is 0.231 e. The summed E-state index contributed by atoms with van der Waals surface area (Å²) in [6, 6.07) is 8.09. The van der Waals surface area contributed by atoms with Crippen LogP contribution in [0.25, 0.3) is 0 Å². The SMILES string of the molecule is CC(N)Cc1noc(Cc2ccc(Br)cc2)n1. The van der Waals surface area contributed by atoms with Gasteiger partial charge in [-0.2, -0.15) is 4.98 Å². The fourth-order valence-electron chi connectivity index (χ4n) is 1.51. The summed E-state index contributed by atoms with van der Waals surface area (Å²) in [5, 5.41) is 3.89. The Hall–Kier alpha value is -1.20. The molecule has 1 aromatic heterocycles. The second-order valence-corrected chi connectivity index (χ2v) is 5.00. The van der Waals surface area contributed by atoms with E-state index in [2.05, 4.69) is 26.1 Å². The molecular weight excluding hydrogens is 282 g/mol. The molecule has 2 aromatic rings. The Labute approximate surface area is 108 Å². The molecule has 5 heteroatoms. The van der Waals surface area contributed by atoms with Gasteiger partial charge in [-0.05, 0) is 24.6 Å². The highest BCUT2D eigenvalue weighted by Gasteiger charge is 2.08. The number of halogens is 1. The smallest absolute Gasteiger partial charge is 0.231 e. The molecule has 1 unspecified atom stereocenters. The van der Waals surface area contributed by atoms with Gasteiger partial charge in [0.05, 0.1) is 6.42 Å². The molecule has 4 nitrogen and oxygen atoms in total. The first kappa shape index (κ1) is 12.3. The number of nitrogens with zero attached hydrogens (tertiary/aromatic N) is 2. The normalized spacial score (nSPS) is 12.6. The molecule has 90 valence electrons. The number of rotatable bonds is 4. The van der Waals surface area contributed by atoms with E-state index in [0.29, 0.717) is 24.6 Å². The van der Waals surface area contributed by atoms with Crippen molar-refractivity contribution in [3.8, 4) is 0 Å². The first-order valence-corrected chi connectivity index (χ1v) is 6.24. The van der Waals surface area contributed by atoms with E-state index < -0.39 is 0 Å². The van der Waals surface area contributed by atoms with E-state index in [9.17, 15) is 0 Å². The third-order valence-corrected chi connectivity index (χ3v) is 2.81. The molecule has 0 radical (unpaired) electrons. The van der Waals surface area contributed by atoms with Crippen molar-refractivity contribution in [3.05, 3.63) is 46.0 Å². The third kappa shape index (κ3) is 3.64. The molecule has 2 rings (SSSR count). The molecule has 0 bridgehead atoms. The fraction of sp³-hybridized carbons (Fsp3) is 0.333. The molecule has 0 saturated carbocycles. The molecule has 0 saturated heterocycles. The predicted octanol–water partition coefficient (Wildman–Crippen LogP) is 2.31. The van der Waals surface area contributed by atoms with E-state index in [-0.39, 0.29) is 6.04 Å². The van der Waals surface area contributed by atoms with Crippen LogP contribution in [0.5, 0.6) is 0 Å². The quantitative estimate of drug-likeness (QED) is 0.940. The lowest BCUT2D eigenvalue weighted by atomic mass is 10.1. The van der Waals surface area contributed by atoms with Crippen LogP contribution in [0.1, 0.15) is 24.2 Å². The number of nitrogens with two attached hydrogens (primary N) is 1. The molecule has 1 atom stereocenters. The summed E-state index contributed by atoms with van der Waals surface area (Å²) in [4.78, 5) is 4.30. The van der Waals surface area contributed by atoms with Crippen LogP contribution < -0.4 is 5.73 Å².